The van der Waals surface area contributed by atoms with Gasteiger partial charge >= 0.3 is 12.4 Å². The smallest absolute Gasteiger partial charge is 0.248 e. The van der Waals surface area contributed by atoms with Gasteiger partial charge in [0.05, 0.1) is 27.3 Å². The SMILES string of the molecule is CCCC[Si](CCCC)(CCCC)c1ccc(P(c2ccccc2C(F)(F)F)N(C)P(c2ccc([Si](CCCC)(CCCC)CCCC)cc2)c2ccccc2C(F)(F)F)cc1. The second-order valence-electron chi connectivity index (χ2n) is 17.4. The fraction of sp³-hybridized carbons (Fsp3) is 0.529. The van der Waals surface area contributed by atoms with E-state index in [-0.39, 0.29) is 10.6 Å². The summed E-state index contributed by atoms with van der Waals surface area (Å²) in [5.41, 5.74) is -1.49. The van der Waals surface area contributed by atoms with Crippen LogP contribution in [-0.2, 0) is 12.4 Å². The highest BCUT2D eigenvalue weighted by Gasteiger charge is 2.42. The quantitative estimate of drug-likeness (QED) is 0.0345. The van der Waals surface area contributed by atoms with Gasteiger partial charge < -0.3 is 0 Å². The van der Waals surface area contributed by atoms with Gasteiger partial charge in [0.1, 0.15) is 0 Å². The Morgan fingerprint density at radius 1 is 0.403 bits per heavy atom. The lowest BCUT2D eigenvalue weighted by atomic mass is 10.2. The summed E-state index contributed by atoms with van der Waals surface area (Å²) in [5.74, 6) is 0. The molecule has 2 atom stereocenters. The maximum Gasteiger partial charge on any atom is 0.417 e. The van der Waals surface area contributed by atoms with Gasteiger partial charge in [-0.1, -0.05) is 250 Å². The molecule has 0 amide bonds. The van der Waals surface area contributed by atoms with Crippen molar-refractivity contribution in [2.45, 2.75) is 167 Å². The van der Waals surface area contributed by atoms with Gasteiger partial charge in [0.25, 0.3) is 0 Å². The monoisotopic (exact) mass is 931 g/mol. The molecule has 4 aromatic rings. The van der Waals surface area contributed by atoms with Gasteiger partial charge in [-0.15, -0.1) is 0 Å². The number of nitrogens with zero attached hydrogens (tertiary/aromatic N) is 1. The number of rotatable bonds is 26. The van der Waals surface area contributed by atoms with E-state index in [0.717, 1.165) is 89.2 Å². The lowest BCUT2D eigenvalue weighted by Gasteiger charge is -2.39. The fourth-order valence-electron chi connectivity index (χ4n) is 9.43. The van der Waals surface area contributed by atoms with Crippen LogP contribution in [0.25, 0.3) is 0 Å². The maximum absolute atomic E-state index is 15.1. The zero-order valence-electron chi connectivity index (χ0n) is 38.6. The molecule has 0 saturated carbocycles. The molecule has 2 unspecified atom stereocenters. The molecule has 342 valence electrons. The lowest BCUT2D eigenvalue weighted by molar-refractivity contribution is -0.137. The summed E-state index contributed by atoms with van der Waals surface area (Å²) in [6, 6.07) is 35.4. The zero-order valence-corrected chi connectivity index (χ0v) is 42.4. The first-order valence-corrected chi connectivity index (χ1v) is 31.4. The van der Waals surface area contributed by atoms with Crippen molar-refractivity contribution in [3.05, 3.63) is 108 Å². The zero-order chi connectivity index (χ0) is 45.4. The van der Waals surface area contributed by atoms with Gasteiger partial charge in [-0.05, 0) is 29.8 Å². The number of hydrogen-bond acceptors (Lipinski definition) is 1. The van der Waals surface area contributed by atoms with Crippen molar-refractivity contribution in [1.29, 1.82) is 0 Å². The van der Waals surface area contributed by atoms with Crippen molar-refractivity contribution in [3.8, 4) is 0 Å². The molecule has 0 fully saturated rings. The highest BCUT2D eigenvalue weighted by molar-refractivity contribution is 7.84. The molecule has 0 bridgehead atoms. The average Bonchev–Trinajstić information content (AvgIpc) is 3.26. The van der Waals surface area contributed by atoms with Crippen LogP contribution in [0, 0.1) is 0 Å². The van der Waals surface area contributed by atoms with Crippen LogP contribution >= 0.6 is 16.1 Å². The third kappa shape index (κ3) is 13.4. The number of benzene rings is 4. The molecule has 62 heavy (non-hydrogen) atoms. The van der Waals surface area contributed by atoms with Crippen LogP contribution in [0.5, 0.6) is 0 Å². The van der Waals surface area contributed by atoms with Gasteiger partial charge in [0.15, 0.2) is 0 Å². The summed E-state index contributed by atoms with van der Waals surface area (Å²) >= 11 is 0. The Morgan fingerprint density at radius 3 is 0.903 bits per heavy atom. The molecule has 0 radical (unpaired) electrons. The Hall–Kier alpha value is -2.29. The van der Waals surface area contributed by atoms with Gasteiger partial charge in [-0.25, -0.2) is 4.44 Å². The van der Waals surface area contributed by atoms with Crippen LogP contribution in [0.3, 0.4) is 0 Å². The first kappa shape index (κ1) is 52.3. The van der Waals surface area contributed by atoms with E-state index in [0.29, 0.717) is 10.6 Å². The van der Waals surface area contributed by atoms with Crippen LogP contribution in [0.4, 0.5) is 26.3 Å². The molecule has 0 aliphatic carbocycles. The van der Waals surface area contributed by atoms with E-state index in [1.54, 1.807) is 31.3 Å². The summed E-state index contributed by atoms with van der Waals surface area (Å²) in [4.78, 5) is 0. The molecule has 0 heterocycles. The predicted molar refractivity (Wildman–Crippen MR) is 265 cm³/mol. The van der Waals surface area contributed by atoms with Crippen LogP contribution in [0.2, 0.25) is 36.3 Å². The molecule has 0 saturated heterocycles. The molecule has 11 heteroatoms. The Bertz CT molecular complexity index is 1720. The second kappa shape index (κ2) is 24.8. The second-order valence-corrected chi connectivity index (χ2v) is 31.5. The Labute approximate surface area is 375 Å². The fourth-order valence-corrected chi connectivity index (χ4v) is 26.5. The predicted octanol–water partition coefficient (Wildman–Crippen LogP) is 15.2. The van der Waals surface area contributed by atoms with Crippen molar-refractivity contribution in [2.24, 2.45) is 0 Å². The third-order valence-electron chi connectivity index (χ3n) is 13.0. The normalized spacial score (nSPS) is 13.8. The van der Waals surface area contributed by atoms with Crippen molar-refractivity contribution in [3.63, 3.8) is 0 Å². The summed E-state index contributed by atoms with van der Waals surface area (Å²) in [7, 11) is -6.06. The van der Waals surface area contributed by atoms with E-state index < -0.39 is 55.8 Å². The Morgan fingerprint density at radius 2 is 0.661 bits per heavy atom. The lowest BCUT2D eigenvalue weighted by Crippen LogP contribution is -2.48. The summed E-state index contributed by atoms with van der Waals surface area (Å²) in [6.07, 6.45) is 4.25. The molecule has 0 spiro atoms. The molecule has 0 aliphatic heterocycles. The summed E-state index contributed by atoms with van der Waals surface area (Å²) < 4.78 is 92.6. The molecule has 0 aromatic heterocycles. The van der Waals surface area contributed by atoms with Gasteiger partial charge in [0, 0.05) is 26.8 Å². The third-order valence-corrected chi connectivity index (χ3v) is 29.4. The van der Waals surface area contributed by atoms with Crippen molar-refractivity contribution in [1.82, 2.24) is 4.44 Å². The number of halogens is 6. The van der Waals surface area contributed by atoms with Gasteiger partial charge in [-0.3, -0.25) is 0 Å². The molecular formula is C51H73F6NP2Si2. The van der Waals surface area contributed by atoms with Crippen LogP contribution in [0.1, 0.15) is 130 Å². The number of hydrogen-bond donors (Lipinski definition) is 0. The van der Waals surface area contributed by atoms with Crippen LogP contribution in [0.15, 0.2) is 97.1 Å². The highest BCUT2D eigenvalue weighted by atomic mass is 31.2. The van der Waals surface area contributed by atoms with Crippen molar-refractivity contribution < 1.29 is 26.3 Å². The van der Waals surface area contributed by atoms with E-state index >= 15 is 26.3 Å². The minimum absolute atomic E-state index is 0.107. The number of unbranched alkanes of at least 4 members (excludes halogenated alkanes) is 6. The van der Waals surface area contributed by atoms with E-state index in [9.17, 15) is 0 Å². The summed E-state index contributed by atoms with van der Waals surface area (Å²) in [5, 5.41) is 4.34. The van der Waals surface area contributed by atoms with Crippen molar-refractivity contribution in [2.75, 3.05) is 7.05 Å². The number of alkyl halides is 6. The topological polar surface area (TPSA) is 3.24 Å². The summed E-state index contributed by atoms with van der Waals surface area (Å²) in [6.45, 7) is 13.4. The van der Waals surface area contributed by atoms with Crippen molar-refractivity contribution >= 4 is 63.9 Å². The van der Waals surface area contributed by atoms with E-state index in [1.807, 2.05) is 28.7 Å². The Kier molecular flexibility index (Phi) is 21.0. The molecule has 4 aromatic carbocycles. The van der Waals surface area contributed by atoms with Crippen LogP contribution in [-0.4, -0.2) is 27.6 Å². The highest BCUT2D eigenvalue weighted by Crippen LogP contribution is 2.55. The Balaban J connectivity index is 2.02. The molecule has 1 nitrogen and oxygen atoms in total. The standard InChI is InChI=1S/C51H73F6NP2Si2/c1-8-14-36-61(37-15-9-2,38-16-10-3)44-32-28-42(29-33-44)59(48-26-22-20-24-46(48)50(52,53)54)58(7)60(49-27-23-21-25-47(49)51(55,56)57)43-30-34-45(35-31-43)62(39-17-11-4,40-18-12-5)41-19-13-6/h20-35H,8-19,36-41H2,1-7H3. The minimum atomic E-state index is -4.65. The first-order chi connectivity index (χ1) is 29.7. The largest absolute Gasteiger partial charge is 0.417 e. The molecule has 0 N–H and O–H groups in total. The van der Waals surface area contributed by atoms with E-state index in [2.05, 4.69) is 65.8 Å². The average molecular weight is 932 g/mol. The first-order valence-electron chi connectivity index (χ1n) is 23.5. The molecule has 4 rings (SSSR count). The maximum atomic E-state index is 15.1. The molecule has 0 aliphatic rings. The van der Waals surface area contributed by atoms with E-state index in [1.165, 1.54) is 58.8 Å². The van der Waals surface area contributed by atoms with Gasteiger partial charge in [0.2, 0.25) is 0 Å². The molecular weight excluding hydrogens is 859 g/mol. The van der Waals surface area contributed by atoms with E-state index in [4.69, 9.17) is 0 Å². The minimum Gasteiger partial charge on any atom is -0.248 e. The van der Waals surface area contributed by atoms with Crippen LogP contribution < -0.4 is 31.6 Å². The van der Waals surface area contributed by atoms with Gasteiger partial charge in [-0.2, -0.15) is 26.3 Å².